The second-order valence-corrected chi connectivity index (χ2v) is 6.78. The fourth-order valence-electron chi connectivity index (χ4n) is 2.77. The van der Waals surface area contributed by atoms with Gasteiger partial charge in [-0.3, -0.25) is 0 Å². The lowest BCUT2D eigenvalue weighted by Gasteiger charge is -2.37. The van der Waals surface area contributed by atoms with Gasteiger partial charge < -0.3 is 5.32 Å². The van der Waals surface area contributed by atoms with Crippen LogP contribution in [0.2, 0.25) is 5.02 Å². The molecule has 0 radical (unpaired) electrons. The van der Waals surface area contributed by atoms with Crippen LogP contribution in [0.4, 0.5) is 5.69 Å². The maximum Gasteiger partial charge on any atom is 0.0489 e. The number of hydrogen-bond donors (Lipinski definition) is 1. The molecule has 0 aliphatic heterocycles. The van der Waals surface area contributed by atoms with Crippen LogP contribution in [0.5, 0.6) is 0 Å². The van der Waals surface area contributed by atoms with Crippen molar-refractivity contribution in [3.8, 4) is 0 Å². The van der Waals surface area contributed by atoms with Gasteiger partial charge in [-0.2, -0.15) is 0 Å². The van der Waals surface area contributed by atoms with Gasteiger partial charge in [-0.25, -0.2) is 0 Å². The molecule has 0 bridgehead atoms. The van der Waals surface area contributed by atoms with Crippen molar-refractivity contribution in [2.24, 2.45) is 0 Å². The Morgan fingerprint density at radius 2 is 1.90 bits per heavy atom. The Hall–Kier alpha value is -0.990. The summed E-state index contributed by atoms with van der Waals surface area (Å²) in [6.45, 7) is 2.12. The molecule has 3 rings (SSSR count). The summed E-state index contributed by atoms with van der Waals surface area (Å²) in [5, 5.41) is 4.51. The predicted octanol–water partition coefficient (Wildman–Crippen LogP) is 5.77. The summed E-state index contributed by atoms with van der Waals surface area (Å²) in [7, 11) is 0. The Morgan fingerprint density at radius 1 is 1.15 bits per heavy atom. The van der Waals surface area contributed by atoms with Crippen LogP contribution in [-0.4, -0.2) is 6.04 Å². The van der Waals surface area contributed by atoms with Crippen LogP contribution in [-0.2, 0) is 0 Å². The smallest absolute Gasteiger partial charge is 0.0489 e. The molecule has 104 valence electrons. The van der Waals surface area contributed by atoms with Crippen LogP contribution in [0, 0.1) is 6.92 Å². The number of hydrogen-bond acceptors (Lipinski definition) is 1. The van der Waals surface area contributed by atoms with Gasteiger partial charge in [-0.05, 0) is 70.9 Å². The highest BCUT2D eigenvalue weighted by Crippen LogP contribution is 2.41. The third-order valence-electron chi connectivity index (χ3n) is 3.96. The summed E-state index contributed by atoms with van der Waals surface area (Å²) < 4.78 is 1.13. The molecule has 1 saturated carbocycles. The largest absolute Gasteiger partial charge is 0.381 e. The predicted molar refractivity (Wildman–Crippen MR) is 89.7 cm³/mol. The van der Waals surface area contributed by atoms with Crippen molar-refractivity contribution >= 4 is 33.2 Å². The number of halogens is 2. The molecule has 0 unspecified atom stereocenters. The van der Waals surface area contributed by atoms with Gasteiger partial charge in [0, 0.05) is 21.2 Å². The first kappa shape index (κ1) is 14.0. The topological polar surface area (TPSA) is 12.0 Å². The first-order chi connectivity index (χ1) is 9.63. The normalized spacial score (nSPS) is 21.4. The highest BCUT2D eigenvalue weighted by Gasteiger charge is 2.31. The van der Waals surface area contributed by atoms with Crippen molar-refractivity contribution in [1.29, 1.82) is 0 Å². The van der Waals surface area contributed by atoms with Crippen LogP contribution in [0.1, 0.15) is 29.9 Å². The lowest BCUT2D eigenvalue weighted by atomic mass is 9.76. The molecule has 1 N–H and O–H groups in total. The van der Waals surface area contributed by atoms with Crippen LogP contribution >= 0.6 is 27.5 Å². The number of nitrogens with one attached hydrogen (secondary N) is 1. The first-order valence-electron chi connectivity index (χ1n) is 6.90. The standard InChI is InChI=1S/C17H17BrClN/c1-11-6-7-15(18)17(8-11)20-13-9-12(10-13)14-4-2-3-5-16(14)19/h2-8,12-13,20H,9-10H2,1H3. The summed E-state index contributed by atoms with van der Waals surface area (Å²) in [6.07, 6.45) is 2.29. The molecule has 0 atom stereocenters. The second-order valence-electron chi connectivity index (χ2n) is 5.51. The zero-order valence-electron chi connectivity index (χ0n) is 11.4. The van der Waals surface area contributed by atoms with Crippen LogP contribution in [0.15, 0.2) is 46.9 Å². The molecule has 1 aliphatic rings. The van der Waals surface area contributed by atoms with Crippen molar-refractivity contribution in [3.63, 3.8) is 0 Å². The van der Waals surface area contributed by atoms with E-state index in [1.807, 2.05) is 12.1 Å². The SMILES string of the molecule is Cc1ccc(Br)c(NC2CC(c3ccccc3Cl)C2)c1. The van der Waals surface area contributed by atoms with Gasteiger partial charge in [0.2, 0.25) is 0 Å². The average molecular weight is 351 g/mol. The minimum atomic E-state index is 0.536. The van der Waals surface area contributed by atoms with Crippen molar-refractivity contribution in [2.45, 2.75) is 31.7 Å². The Morgan fingerprint density at radius 3 is 2.65 bits per heavy atom. The quantitative estimate of drug-likeness (QED) is 0.741. The third-order valence-corrected chi connectivity index (χ3v) is 5.00. The highest BCUT2D eigenvalue weighted by molar-refractivity contribution is 9.10. The first-order valence-corrected chi connectivity index (χ1v) is 8.07. The van der Waals surface area contributed by atoms with E-state index in [1.54, 1.807) is 0 Å². The fraction of sp³-hybridized carbons (Fsp3) is 0.294. The van der Waals surface area contributed by atoms with E-state index in [2.05, 4.69) is 58.5 Å². The van der Waals surface area contributed by atoms with Gasteiger partial charge in [-0.15, -0.1) is 0 Å². The summed E-state index contributed by atoms with van der Waals surface area (Å²) in [6, 6.07) is 15.1. The molecule has 1 fully saturated rings. The van der Waals surface area contributed by atoms with E-state index in [0.29, 0.717) is 12.0 Å². The van der Waals surface area contributed by atoms with Crippen LogP contribution < -0.4 is 5.32 Å². The lowest BCUT2D eigenvalue weighted by Crippen LogP contribution is -2.34. The van der Waals surface area contributed by atoms with Gasteiger partial charge >= 0.3 is 0 Å². The monoisotopic (exact) mass is 349 g/mol. The molecule has 2 aromatic rings. The molecule has 20 heavy (non-hydrogen) atoms. The van der Waals surface area contributed by atoms with Crippen molar-refractivity contribution in [1.82, 2.24) is 0 Å². The summed E-state index contributed by atoms with van der Waals surface area (Å²) >= 11 is 9.86. The summed E-state index contributed by atoms with van der Waals surface area (Å²) in [4.78, 5) is 0. The van der Waals surface area contributed by atoms with Gasteiger partial charge in [0.25, 0.3) is 0 Å². The summed E-state index contributed by atoms with van der Waals surface area (Å²) in [5.41, 5.74) is 3.75. The van der Waals surface area contributed by atoms with Gasteiger partial charge in [0.05, 0.1) is 0 Å². The molecular formula is C17H17BrClN. The van der Waals surface area contributed by atoms with Gasteiger partial charge in [0.1, 0.15) is 0 Å². The highest BCUT2D eigenvalue weighted by atomic mass is 79.9. The lowest BCUT2D eigenvalue weighted by molar-refractivity contribution is 0.374. The van der Waals surface area contributed by atoms with Crippen LogP contribution in [0.3, 0.4) is 0 Å². The van der Waals surface area contributed by atoms with E-state index in [1.165, 1.54) is 16.8 Å². The Labute approximate surface area is 133 Å². The van der Waals surface area contributed by atoms with Crippen molar-refractivity contribution < 1.29 is 0 Å². The van der Waals surface area contributed by atoms with Gasteiger partial charge in [0.15, 0.2) is 0 Å². The Kier molecular flexibility index (Phi) is 4.04. The van der Waals surface area contributed by atoms with E-state index in [-0.39, 0.29) is 0 Å². The molecule has 0 saturated heterocycles. The third kappa shape index (κ3) is 2.87. The van der Waals surface area contributed by atoms with Crippen molar-refractivity contribution in [2.75, 3.05) is 5.32 Å². The Bertz CT molecular complexity index is 620. The van der Waals surface area contributed by atoms with Gasteiger partial charge in [-0.1, -0.05) is 35.9 Å². The van der Waals surface area contributed by atoms with E-state index >= 15 is 0 Å². The molecule has 1 nitrogen and oxygen atoms in total. The molecule has 3 heteroatoms. The minimum absolute atomic E-state index is 0.536. The molecule has 0 heterocycles. The number of benzene rings is 2. The molecule has 0 spiro atoms. The molecule has 2 aromatic carbocycles. The number of aryl methyl sites for hydroxylation is 1. The average Bonchev–Trinajstić information content (AvgIpc) is 2.38. The molecule has 0 amide bonds. The van der Waals surface area contributed by atoms with E-state index in [0.717, 1.165) is 22.3 Å². The maximum atomic E-state index is 6.26. The zero-order chi connectivity index (χ0) is 14.1. The number of anilines is 1. The molecule has 1 aliphatic carbocycles. The maximum absolute atomic E-state index is 6.26. The second kappa shape index (κ2) is 5.79. The molecule has 0 aromatic heterocycles. The fourth-order valence-corrected chi connectivity index (χ4v) is 3.42. The van der Waals surface area contributed by atoms with E-state index in [9.17, 15) is 0 Å². The zero-order valence-corrected chi connectivity index (χ0v) is 13.7. The minimum Gasteiger partial charge on any atom is -0.381 e. The summed E-state index contributed by atoms with van der Waals surface area (Å²) in [5.74, 6) is 0.588. The van der Waals surface area contributed by atoms with E-state index in [4.69, 9.17) is 11.6 Å². The van der Waals surface area contributed by atoms with Crippen molar-refractivity contribution in [3.05, 3.63) is 63.1 Å². The molecular weight excluding hydrogens is 334 g/mol. The van der Waals surface area contributed by atoms with E-state index < -0.39 is 0 Å². The number of rotatable bonds is 3. The Balaban J connectivity index is 1.64. The van der Waals surface area contributed by atoms with Crippen LogP contribution in [0.25, 0.3) is 0 Å².